The molecule has 100 valence electrons. The molecule has 2 atom stereocenters. The second kappa shape index (κ2) is 5.09. The van der Waals surface area contributed by atoms with Crippen LogP contribution in [0.5, 0.6) is 0 Å². The summed E-state index contributed by atoms with van der Waals surface area (Å²) in [5, 5.41) is 8.78. The van der Waals surface area contributed by atoms with Crippen molar-refractivity contribution in [3.8, 4) is 0 Å². The summed E-state index contributed by atoms with van der Waals surface area (Å²) in [7, 11) is -2.18. The topological polar surface area (TPSA) is 72.8 Å². The summed E-state index contributed by atoms with van der Waals surface area (Å²) < 4.78 is 23.0. The van der Waals surface area contributed by atoms with E-state index >= 15 is 0 Å². The molecule has 5 nitrogen and oxygen atoms in total. The number of hydrogen-bond acceptors (Lipinski definition) is 4. The number of ether oxygens (including phenoxy) is 2. The number of carbonyl (C=O) groups is 1. The maximum atomic E-state index is 11.8. The molecular formula is C11H21O5P. The molecule has 1 fully saturated rings. The monoisotopic (exact) mass is 264 g/mol. The van der Waals surface area contributed by atoms with E-state index in [1.165, 1.54) is 0 Å². The van der Waals surface area contributed by atoms with Crippen molar-refractivity contribution in [2.75, 3.05) is 19.5 Å². The molecule has 0 bridgehead atoms. The lowest BCUT2D eigenvalue weighted by atomic mass is 10.1. The number of aliphatic carboxylic acids is 1. The van der Waals surface area contributed by atoms with Gasteiger partial charge in [-0.3, -0.25) is 4.79 Å². The van der Waals surface area contributed by atoms with Gasteiger partial charge in [0.2, 0.25) is 0 Å². The van der Waals surface area contributed by atoms with E-state index in [-0.39, 0.29) is 18.6 Å². The number of carboxylic acid groups (broad SMARTS) is 1. The molecule has 0 aromatic carbocycles. The van der Waals surface area contributed by atoms with Crippen LogP contribution in [0.3, 0.4) is 0 Å². The molecule has 0 amide bonds. The van der Waals surface area contributed by atoms with Gasteiger partial charge in [-0.05, 0) is 27.2 Å². The van der Waals surface area contributed by atoms with Crippen molar-refractivity contribution in [2.45, 2.75) is 44.7 Å². The lowest BCUT2D eigenvalue weighted by Crippen LogP contribution is -2.46. The van der Waals surface area contributed by atoms with Gasteiger partial charge in [0.05, 0.1) is 25.8 Å². The highest BCUT2D eigenvalue weighted by Gasteiger charge is 2.37. The van der Waals surface area contributed by atoms with Gasteiger partial charge >= 0.3 is 5.97 Å². The standard InChI is InChI=1S/C11H21O5P/c1-11(2)15-8(6-10(12)13)5-9(16-11)7-17(3,4)14/h8-9H,5-7H2,1-4H3,(H,12,13)/t8-,9+/m1/s1. The third-order valence-electron chi connectivity index (χ3n) is 2.47. The zero-order valence-corrected chi connectivity index (χ0v) is 11.7. The van der Waals surface area contributed by atoms with E-state index in [1.54, 1.807) is 27.2 Å². The zero-order chi connectivity index (χ0) is 13.3. The molecule has 1 saturated heterocycles. The van der Waals surface area contributed by atoms with Crippen LogP contribution >= 0.6 is 7.14 Å². The summed E-state index contributed by atoms with van der Waals surface area (Å²) in [6.45, 7) is 6.94. The summed E-state index contributed by atoms with van der Waals surface area (Å²) in [4.78, 5) is 10.7. The fourth-order valence-electron chi connectivity index (χ4n) is 2.14. The summed E-state index contributed by atoms with van der Waals surface area (Å²) in [5.41, 5.74) is 0. The Morgan fingerprint density at radius 3 is 2.35 bits per heavy atom. The molecule has 0 aromatic rings. The average molecular weight is 264 g/mol. The molecule has 1 aliphatic rings. The van der Waals surface area contributed by atoms with E-state index in [1.807, 2.05) is 0 Å². The van der Waals surface area contributed by atoms with Crippen molar-refractivity contribution in [3.05, 3.63) is 0 Å². The molecule has 1 aliphatic heterocycles. The zero-order valence-electron chi connectivity index (χ0n) is 10.8. The fourth-order valence-corrected chi connectivity index (χ4v) is 3.35. The van der Waals surface area contributed by atoms with Gasteiger partial charge < -0.3 is 19.1 Å². The Hall–Kier alpha value is -0.380. The van der Waals surface area contributed by atoms with E-state index in [0.29, 0.717) is 12.6 Å². The molecule has 0 spiro atoms. The molecule has 1 heterocycles. The molecule has 6 heteroatoms. The van der Waals surface area contributed by atoms with Gasteiger partial charge in [0, 0.05) is 12.6 Å². The number of hydrogen-bond donors (Lipinski definition) is 1. The molecule has 0 aliphatic carbocycles. The van der Waals surface area contributed by atoms with Crippen LogP contribution in [0.4, 0.5) is 0 Å². The molecular weight excluding hydrogens is 243 g/mol. The quantitative estimate of drug-likeness (QED) is 0.786. The van der Waals surface area contributed by atoms with Gasteiger partial charge in [-0.1, -0.05) is 0 Å². The second-order valence-electron chi connectivity index (χ2n) is 5.47. The van der Waals surface area contributed by atoms with Crippen LogP contribution in [0.15, 0.2) is 0 Å². The SMILES string of the molecule is CC1(C)O[C@@H](CC(=O)O)C[C@@H](CP(C)(C)=O)O1. The molecule has 0 unspecified atom stereocenters. The largest absolute Gasteiger partial charge is 0.481 e. The van der Waals surface area contributed by atoms with E-state index in [0.717, 1.165) is 0 Å². The molecule has 1 N–H and O–H groups in total. The summed E-state index contributed by atoms with van der Waals surface area (Å²) in [5.74, 6) is -1.69. The van der Waals surface area contributed by atoms with E-state index in [2.05, 4.69) is 0 Å². The highest BCUT2D eigenvalue weighted by Crippen LogP contribution is 2.41. The maximum Gasteiger partial charge on any atom is 0.305 e. The summed E-state index contributed by atoms with van der Waals surface area (Å²) >= 11 is 0. The third-order valence-corrected chi connectivity index (χ3v) is 3.76. The lowest BCUT2D eigenvalue weighted by Gasteiger charge is -2.40. The summed E-state index contributed by atoms with van der Waals surface area (Å²) in [6, 6.07) is 0. The van der Waals surface area contributed by atoms with Crippen LogP contribution in [-0.4, -0.2) is 48.6 Å². The van der Waals surface area contributed by atoms with Crippen molar-refractivity contribution in [1.82, 2.24) is 0 Å². The number of rotatable bonds is 4. The van der Waals surface area contributed by atoms with Crippen LogP contribution in [-0.2, 0) is 18.8 Å². The van der Waals surface area contributed by atoms with Gasteiger partial charge in [0.25, 0.3) is 0 Å². The highest BCUT2D eigenvalue weighted by atomic mass is 31.2. The Bertz CT molecular complexity index is 333. The van der Waals surface area contributed by atoms with Crippen LogP contribution in [0.25, 0.3) is 0 Å². The minimum absolute atomic E-state index is 0.0407. The molecule has 0 saturated carbocycles. The molecule has 0 aromatic heterocycles. The van der Waals surface area contributed by atoms with Crippen molar-refractivity contribution >= 4 is 13.1 Å². The Balaban J connectivity index is 2.67. The van der Waals surface area contributed by atoms with Crippen LogP contribution in [0.2, 0.25) is 0 Å². The lowest BCUT2D eigenvalue weighted by molar-refractivity contribution is -0.295. The Morgan fingerprint density at radius 1 is 1.35 bits per heavy atom. The van der Waals surface area contributed by atoms with Gasteiger partial charge in [0.1, 0.15) is 0 Å². The Labute approximate surface area is 102 Å². The minimum atomic E-state index is -2.18. The van der Waals surface area contributed by atoms with Crippen molar-refractivity contribution in [2.24, 2.45) is 0 Å². The molecule has 0 radical (unpaired) electrons. The van der Waals surface area contributed by atoms with Crippen molar-refractivity contribution in [3.63, 3.8) is 0 Å². The van der Waals surface area contributed by atoms with Crippen LogP contribution in [0, 0.1) is 0 Å². The molecule has 1 rings (SSSR count). The van der Waals surface area contributed by atoms with Crippen molar-refractivity contribution < 1.29 is 23.9 Å². The van der Waals surface area contributed by atoms with E-state index < -0.39 is 18.9 Å². The van der Waals surface area contributed by atoms with Gasteiger partial charge in [0.15, 0.2) is 5.79 Å². The fraction of sp³-hybridized carbons (Fsp3) is 0.909. The summed E-state index contributed by atoms with van der Waals surface area (Å²) in [6.07, 6.45) is 0.356. The third kappa shape index (κ3) is 5.66. The van der Waals surface area contributed by atoms with Gasteiger partial charge in [-0.25, -0.2) is 0 Å². The minimum Gasteiger partial charge on any atom is -0.481 e. The maximum absolute atomic E-state index is 11.8. The Morgan fingerprint density at radius 2 is 1.88 bits per heavy atom. The normalized spacial score (nSPS) is 28.9. The smallest absolute Gasteiger partial charge is 0.305 e. The Kier molecular flexibility index (Phi) is 4.39. The predicted octanol–water partition coefficient (Wildman–Crippen LogP) is 1.99. The first-order valence-electron chi connectivity index (χ1n) is 5.69. The highest BCUT2D eigenvalue weighted by molar-refractivity contribution is 7.62. The van der Waals surface area contributed by atoms with Crippen molar-refractivity contribution in [1.29, 1.82) is 0 Å². The van der Waals surface area contributed by atoms with E-state index in [4.69, 9.17) is 14.6 Å². The predicted molar refractivity (Wildman–Crippen MR) is 65.0 cm³/mol. The van der Waals surface area contributed by atoms with Gasteiger partial charge in [-0.2, -0.15) is 0 Å². The second-order valence-corrected chi connectivity index (χ2v) is 8.98. The van der Waals surface area contributed by atoms with E-state index in [9.17, 15) is 9.36 Å². The first-order valence-corrected chi connectivity index (χ1v) is 8.47. The average Bonchev–Trinajstić information content (AvgIpc) is 1.93. The first kappa shape index (κ1) is 14.7. The van der Waals surface area contributed by atoms with Gasteiger partial charge in [-0.15, -0.1) is 0 Å². The molecule has 17 heavy (non-hydrogen) atoms. The van der Waals surface area contributed by atoms with Crippen LogP contribution < -0.4 is 0 Å². The first-order chi connectivity index (χ1) is 7.57. The number of carboxylic acids is 1. The van der Waals surface area contributed by atoms with Crippen LogP contribution in [0.1, 0.15) is 26.7 Å².